The minimum Gasteiger partial charge on any atom is -0.472 e. The Morgan fingerprint density at radius 2 is 1.78 bits per heavy atom. The van der Waals surface area contributed by atoms with Gasteiger partial charge in [0.25, 0.3) is 0 Å². The van der Waals surface area contributed by atoms with E-state index < -0.39 is 17.8 Å². The van der Waals surface area contributed by atoms with Gasteiger partial charge >= 0.3 is 6.18 Å². The van der Waals surface area contributed by atoms with Crippen molar-refractivity contribution in [1.29, 1.82) is 0 Å². The highest BCUT2D eigenvalue weighted by molar-refractivity contribution is 5.26. The van der Waals surface area contributed by atoms with Crippen LogP contribution in [0.3, 0.4) is 0 Å². The summed E-state index contributed by atoms with van der Waals surface area (Å²) < 4.78 is 41.9. The van der Waals surface area contributed by atoms with E-state index in [2.05, 4.69) is 0 Å². The SMILES string of the molecule is OC(Cc1ccc(C(F)(F)F)cc1)c1ccoc1. The molecule has 0 fully saturated rings. The van der Waals surface area contributed by atoms with Crippen molar-refractivity contribution in [2.45, 2.75) is 18.7 Å². The normalized spacial score (nSPS) is 13.6. The summed E-state index contributed by atoms with van der Waals surface area (Å²) in [6, 6.07) is 6.38. The molecule has 5 heteroatoms. The Labute approximate surface area is 102 Å². The van der Waals surface area contributed by atoms with Crippen LogP contribution in [0.2, 0.25) is 0 Å². The van der Waals surface area contributed by atoms with Gasteiger partial charge in [-0.05, 0) is 23.8 Å². The van der Waals surface area contributed by atoms with Crippen molar-refractivity contribution >= 4 is 0 Å². The lowest BCUT2D eigenvalue weighted by molar-refractivity contribution is -0.137. The fraction of sp³-hybridized carbons (Fsp3) is 0.231. The summed E-state index contributed by atoms with van der Waals surface area (Å²) in [5.74, 6) is 0. The Morgan fingerprint density at radius 1 is 1.11 bits per heavy atom. The van der Waals surface area contributed by atoms with Crippen molar-refractivity contribution < 1.29 is 22.7 Å². The third-order valence-corrected chi connectivity index (χ3v) is 2.64. The molecule has 0 bridgehead atoms. The first-order chi connectivity index (χ1) is 8.47. The molecule has 2 aromatic rings. The van der Waals surface area contributed by atoms with Gasteiger partial charge < -0.3 is 9.52 Å². The summed E-state index contributed by atoms with van der Waals surface area (Å²) in [6.45, 7) is 0. The van der Waals surface area contributed by atoms with E-state index >= 15 is 0 Å². The third-order valence-electron chi connectivity index (χ3n) is 2.64. The van der Waals surface area contributed by atoms with Crippen LogP contribution in [0, 0.1) is 0 Å². The molecular formula is C13H11F3O2. The fourth-order valence-corrected chi connectivity index (χ4v) is 1.64. The number of hydrogen-bond acceptors (Lipinski definition) is 2. The molecule has 1 heterocycles. The molecule has 0 radical (unpaired) electrons. The Kier molecular flexibility index (Phi) is 3.43. The Morgan fingerprint density at radius 3 is 2.28 bits per heavy atom. The summed E-state index contributed by atoms with van der Waals surface area (Å²) >= 11 is 0. The van der Waals surface area contributed by atoms with Crippen LogP contribution in [0.1, 0.15) is 22.8 Å². The zero-order valence-corrected chi connectivity index (χ0v) is 9.32. The maximum absolute atomic E-state index is 12.3. The molecule has 0 aliphatic carbocycles. The third kappa shape index (κ3) is 2.92. The molecule has 0 spiro atoms. The van der Waals surface area contributed by atoms with Gasteiger partial charge in [0.05, 0.1) is 24.2 Å². The maximum atomic E-state index is 12.3. The van der Waals surface area contributed by atoms with Crippen LogP contribution in [0.5, 0.6) is 0 Å². The van der Waals surface area contributed by atoms with Gasteiger partial charge in [0, 0.05) is 12.0 Å². The molecular weight excluding hydrogens is 245 g/mol. The Hall–Kier alpha value is -1.75. The van der Waals surface area contributed by atoms with Crippen LogP contribution in [0.4, 0.5) is 13.2 Å². The van der Waals surface area contributed by atoms with Crippen molar-refractivity contribution in [2.75, 3.05) is 0 Å². The highest BCUT2D eigenvalue weighted by Gasteiger charge is 2.29. The van der Waals surface area contributed by atoms with Crippen molar-refractivity contribution in [3.63, 3.8) is 0 Å². The molecule has 0 amide bonds. The van der Waals surface area contributed by atoms with Gasteiger partial charge in [-0.3, -0.25) is 0 Å². The van der Waals surface area contributed by atoms with E-state index in [1.807, 2.05) is 0 Å². The molecule has 0 aliphatic heterocycles. The molecule has 0 saturated heterocycles. The summed E-state index contributed by atoms with van der Waals surface area (Å²) in [4.78, 5) is 0. The first-order valence-corrected chi connectivity index (χ1v) is 5.33. The van der Waals surface area contributed by atoms with Crippen molar-refractivity contribution in [3.05, 3.63) is 59.5 Å². The van der Waals surface area contributed by atoms with Crippen molar-refractivity contribution in [1.82, 2.24) is 0 Å². The molecule has 2 rings (SSSR count). The quantitative estimate of drug-likeness (QED) is 0.910. The second kappa shape index (κ2) is 4.86. The van der Waals surface area contributed by atoms with Gasteiger partial charge in [-0.15, -0.1) is 0 Å². The number of benzene rings is 1. The summed E-state index contributed by atoms with van der Waals surface area (Å²) in [5, 5.41) is 9.81. The maximum Gasteiger partial charge on any atom is 0.416 e. The molecule has 2 nitrogen and oxygen atoms in total. The number of hydrogen-bond donors (Lipinski definition) is 1. The van der Waals surface area contributed by atoms with E-state index in [0.29, 0.717) is 11.1 Å². The molecule has 0 aliphatic rings. The molecule has 0 saturated carbocycles. The van der Waals surface area contributed by atoms with E-state index in [0.717, 1.165) is 12.1 Å². The monoisotopic (exact) mass is 256 g/mol. The lowest BCUT2D eigenvalue weighted by Crippen LogP contribution is -2.05. The van der Waals surface area contributed by atoms with Crippen molar-refractivity contribution in [3.8, 4) is 0 Å². The first kappa shape index (κ1) is 12.7. The lowest BCUT2D eigenvalue weighted by atomic mass is 10.0. The van der Waals surface area contributed by atoms with E-state index in [4.69, 9.17) is 4.42 Å². The first-order valence-electron chi connectivity index (χ1n) is 5.33. The molecule has 1 unspecified atom stereocenters. The molecule has 1 N–H and O–H groups in total. The molecule has 1 atom stereocenters. The predicted octanol–water partition coefficient (Wildman–Crippen LogP) is 3.57. The number of aliphatic hydroxyl groups excluding tert-OH is 1. The van der Waals surface area contributed by atoms with E-state index in [1.165, 1.54) is 24.7 Å². The minimum absolute atomic E-state index is 0.248. The largest absolute Gasteiger partial charge is 0.472 e. The van der Waals surface area contributed by atoms with Crippen LogP contribution in [0.15, 0.2) is 47.3 Å². The zero-order chi connectivity index (χ0) is 13.2. The Balaban J connectivity index is 2.07. The van der Waals surface area contributed by atoms with Crippen LogP contribution in [-0.4, -0.2) is 5.11 Å². The zero-order valence-electron chi connectivity index (χ0n) is 9.32. The number of halogens is 3. The summed E-state index contributed by atoms with van der Waals surface area (Å²) in [7, 11) is 0. The average molecular weight is 256 g/mol. The number of aliphatic hydroxyl groups is 1. The van der Waals surface area contributed by atoms with Gasteiger partial charge in [-0.1, -0.05) is 12.1 Å². The van der Waals surface area contributed by atoms with Crippen molar-refractivity contribution in [2.24, 2.45) is 0 Å². The lowest BCUT2D eigenvalue weighted by Gasteiger charge is -2.10. The minimum atomic E-state index is -4.33. The highest BCUT2D eigenvalue weighted by atomic mass is 19.4. The number of rotatable bonds is 3. The number of alkyl halides is 3. The topological polar surface area (TPSA) is 33.4 Å². The fourth-order valence-electron chi connectivity index (χ4n) is 1.64. The molecule has 96 valence electrons. The van der Waals surface area contributed by atoms with E-state index in [9.17, 15) is 18.3 Å². The van der Waals surface area contributed by atoms with Crippen LogP contribution < -0.4 is 0 Å². The second-order valence-corrected chi connectivity index (χ2v) is 3.97. The van der Waals surface area contributed by atoms with Gasteiger partial charge in [0.2, 0.25) is 0 Å². The Bertz CT molecular complexity index is 486. The smallest absolute Gasteiger partial charge is 0.416 e. The average Bonchev–Trinajstić information content (AvgIpc) is 2.82. The van der Waals surface area contributed by atoms with Gasteiger partial charge in [0.15, 0.2) is 0 Å². The highest BCUT2D eigenvalue weighted by Crippen LogP contribution is 2.29. The second-order valence-electron chi connectivity index (χ2n) is 3.97. The van der Waals surface area contributed by atoms with Gasteiger partial charge in [-0.2, -0.15) is 13.2 Å². The van der Waals surface area contributed by atoms with E-state index in [1.54, 1.807) is 6.07 Å². The van der Waals surface area contributed by atoms with Crippen LogP contribution in [-0.2, 0) is 12.6 Å². The van der Waals surface area contributed by atoms with Crippen LogP contribution >= 0.6 is 0 Å². The number of furan rings is 1. The molecule has 18 heavy (non-hydrogen) atoms. The van der Waals surface area contributed by atoms with Crippen LogP contribution in [0.25, 0.3) is 0 Å². The van der Waals surface area contributed by atoms with Gasteiger partial charge in [0.1, 0.15) is 0 Å². The summed E-state index contributed by atoms with van der Waals surface area (Å²) in [6.07, 6.45) is -2.01. The van der Waals surface area contributed by atoms with Gasteiger partial charge in [-0.25, -0.2) is 0 Å². The standard InChI is InChI=1S/C13H11F3O2/c14-13(15,16)11-3-1-9(2-4-11)7-12(17)10-5-6-18-8-10/h1-6,8,12,17H,7H2. The molecule has 1 aromatic carbocycles. The molecule has 1 aromatic heterocycles. The van der Waals surface area contributed by atoms with E-state index in [-0.39, 0.29) is 6.42 Å². The summed E-state index contributed by atoms with van der Waals surface area (Å²) in [5.41, 5.74) is 0.552. The predicted molar refractivity (Wildman–Crippen MR) is 58.8 cm³/mol.